The summed E-state index contributed by atoms with van der Waals surface area (Å²) < 4.78 is 11.5. The molecule has 0 saturated carbocycles. The minimum Gasteiger partial charge on any atom is -0.378 e. The van der Waals surface area contributed by atoms with E-state index in [1.165, 1.54) is 25.7 Å². The van der Waals surface area contributed by atoms with Gasteiger partial charge in [0.1, 0.15) is 0 Å². The molecule has 0 amide bonds. The zero-order valence-corrected chi connectivity index (χ0v) is 10.7. The van der Waals surface area contributed by atoms with E-state index >= 15 is 0 Å². The van der Waals surface area contributed by atoms with Crippen molar-refractivity contribution in [3.05, 3.63) is 0 Å². The number of hydrogen-bond acceptors (Lipinski definition) is 3. The Hall–Kier alpha value is -0.120. The third-order valence-corrected chi connectivity index (χ3v) is 3.85. The van der Waals surface area contributed by atoms with E-state index < -0.39 is 0 Å². The van der Waals surface area contributed by atoms with Crippen molar-refractivity contribution < 1.29 is 9.47 Å². The molecule has 16 heavy (non-hydrogen) atoms. The molecule has 2 aliphatic rings. The summed E-state index contributed by atoms with van der Waals surface area (Å²) >= 11 is 0. The van der Waals surface area contributed by atoms with E-state index in [1.807, 2.05) is 0 Å². The highest BCUT2D eigenvalue weighted by atomic mass is 16.5. The first-order valence-electron chi connectivity index (χ1n) is 6.66. The molecule has 2 aliphatic heterocycles. The van der Waals surface area contributed by atoms with Gasteiger partial charge in [0.05, 0.1) is 18.8 Å². The van der Waals surface area contributed by atoms with Crippen LogP contribution in [-0.2, 0) is 9.47 Å². The number of likely N-dealkylation sites (N-methyl/N-ethyl adjacent to an activating group) is 1. The number of rotatable bonds is 2. The summed E-state index contributed by atoms with van der Waals surface area (Å²) in [6.45, 7) is 6.22. The fraction of sp³-hybridized carbons (Fsp3) is 1.00. The van der Waals surface area contributed by atoms with Crippen molar-refractivity contribution in [2.75, 3.05) is 33.4 Å². The first kappa shape index (κ1) is 12.3. The van der Waals surface area contributed by atoms with Gasteiger partial charge in [0, 0.05) is 19.7 Å². The molecule has 2 saturated heterocycles. The van der Waals surface area contributed by atoms with Crippen molar-refractivity contribution in [1.29, 1.82) is 0 Å². The largest absolute Gasteiger partial charge is 0.378 e. The summed E-state index contributed by atoms with van der Waals surface area (Å²) in [5.41, 5.74) is 0. The van der Waals surface area contributed by atoms with Gasteiger partial charge in [0.25, 0.3) is 0 Å². The minimum atomic E-state index is 0.456. The second kappa shape index (κ2) is 5.99. The predicted octanol–water partition coefficient (Wildman–Crippen LogP) is 1.91. The third-order valence-electron chi connectivity index (χ3n) is 3.85. The van der Waals surface area contributed by atoms with Gasteiger partial charge in [0.15, 0.2) is 0 Å². The Kier molecular flexibility index (Phi) is 4.62. The van der Waals surface area contributed by atoms with Crippen LogP contribution < -0.4 is 0 Å². The molecule has 3 atom stereocenters. The molecule has 2 rings (SSSR count). The number of morpholine rings is 1. The Bertz CT molecular complexity index is 210. The van der Waals surface area contributed by atoms with E-state index in [2.05, 4.69) is 18.9 Å². The lowest BCUT2D eigenvalue weighted by molar-refractivity contribution is -0.0321. The molecule has 0 aromatic rings. The van der Waals surface area contributed by atoms with Gasteiger partial charge in [-0.3, -0.25) is 0 Å². The topological polar surface area (TPSA) is 21.7 Å². The Morgan fingerprint density at radius 1 is 1.12 bits per heavy atom. The SMILES string of the molecule is C[C@H]1CCC(CC2CN(C)CCO2)CCO1. The summed E-state index contributed by atoms with van der Waals surface area (Å²) in [4.78, 5) is 2.38. The van der Waals surface area contributed by atoms with Gasteiger partial charge in [0.2, 0.25) is 0 Å². The van der Waals surface area contributed by atoms with Crippen molar-refractivity contribution in [2.24, 2.45) is 5.92 Å². The number of nitrogens with zero attached hydrogens (tertiary/aromatic N) is 1. The average molecular weight is 227 g/mol. The average Bonchev–Trinajstić information content (AvgIpc) is 2.44. The van der Waals surface area contributed by atoms with Crippen LogP contribution in [0, 0.1) is 5.92 Å². The van der Waals surface area contributed by atoms with E-state index in [1.54, 1.807) is 0 Å². The zero-order chi connectivity index (χ0) is 11.4. The van der Waals surface area contributed by atoms with Crippen LogP contribution in [0.15, 0.2) is 0 Å². The molecule has 0 radical (unpaired) electrons. The minimum absolute atomic E-state index is 0.456. The highest BCUT2D eigenvalue weighted by Gasteiger charge is 2.23. The van der Waals surface area contributed by atoms with Crippen molar-refractivity contribution in [2.45, 2.75) is 44.8 Å². The third kappa shape index (κ3) is 3.72. The zero-order valence-electron chi connectivity index (χ0n) is 10.7. The number of ether oxygens (including phenoxy) is 2. The van der Waals surface area contributed by atoms with Crippen molar-refractivity contribution >= 4 is 0 Å². The monoisotopic (exact) mass is 227 g/mol. The maximum atomic E-state index is 5.84. The van der Waals surface area contributed by atoms with Crippen molar-refractivity contribution in [1.82, 2.24) is 4.90 Å². The molecule has 0 bridgehead atoms. The van der Waals surface area contributed by atoms with Crippen molar-refractivity contribution in [3.63, 3.8) is 0 Å². The molecule has 0 aromatic carbocycles. The second-order valence-electron chi connectivity index (χ2n) is 5.40. The van der Waals surface area contributed by atoms with Crippen LogP contribution in [0.2, 0.25) is 0 Å². The first-order chi connectivity index (χ1) is 7.74. The van der Waals surface area contributed by atoms with Crippen LogP contribution >= 0.6 is 0 Å². The molecule has 0 aromatic heterocycles. The molecule has 0 N–H and O–H groups in total. The van der Waals surface area contributed by atoms with Gasteiger partial charge in [-0.1, -0.05) is 0 Å². The standard InChI is InChI=1S/C13H25NO2/c1-11-3-4-12(5-7-15-11)9-13-10-14(2)6-8-16-13/h11-13H,3-10H2,1-2H3/t11-,12?,13?/m0/s1. The second-order valence-corrected chi connectivity index (χ2v) is 5.40. The molecule has 3 heteroatoms. The summed E-state index contributed by atoms with van der Waals surface area (Å²) in [6, 6.07) is 0. The van der Waals surface area contributed by atoms with Crippen LogP contribution in [0.25, 0.3) is 0 Å². The first-order valence-corrected chi connectivity index (χ1v) is 6.66. The van der Waals surface area contributed by atoms with Gasteiger partial charge in [-0.15, -0.1) is 0 Å². The van der Waals surface area contributed by atoms with Gasteiger partial charge in [-0.25, -0.2) is 0 Å². The lowest BCUT2D eigenvalue weighted by Gasteiger charge is -2.32. The predicted molar refractivity (Wildman–Crippen MR) is 64.6 cm³/mol. The normalized spacial score (nSPS) is 38.2. The van der Waals surface area contributed by atoms with E-state index in [-0.39, 0.29) is 0 Å². The summed E-state index contributed by atoms with van der Waals surface area (Å²) in [5, 5.41) is 0. The van der Waals surface area contributed by atoms with Crippen LogP contribution in [0.1, 0.15) is 32.6 Å². The Morgan fingerprint density at radius 3 is 2.81 bits per heavy atom. The maximum absolute atomic E-state index is 5.84. The molecule has 2 heterocycles. The smallest absolute Gasteiger partial charge is 0.0705 e. The molecular formula is C13H25NO2. The van der Waals surface area contributed by atoms with Crippen molar-refractivity contribution in [3.8, 4) is 0 Å². The van der Waals surface area contributed by atoms with Crippen LogP contribution in [0.5, 0.6) is 0 Å². The van der Waals surface area contributed by atoms with E-state index in [0.717, 1.165) is 32.2 Å². The highest BCUT2D eigenvalue weighted by molar-refractivity contribution is 4.75. The van der Waals surface area contributed by atoms with E-state index in [0.29, 0.717) is 12.2 Å². The van der Waals surface area contributed by atoms with Crippen LogP contribution in [0.3, 0.4) is 0 Å². The van der Waals surface area contributed by atoms with E-state index in [4.69, 9.17) is 9.47 Å². The number of hydrogen-bond donors (Lipinski definition) is 0. The lowest BCUT2D eigenvalue weighted by Crippen LogP contribution is -2.40. The molecule has 0 spiro atoms. The molecule has 3 nitrogen and oxygen atoms in total. The quantitative estimate of drug-likeness (QED) is 0.719. The molecule has 0 aliphatic carbocycles. The summed E-state index contributed by atoms with van der Waals surface area (Å²) in [6.07, 6.45) is 5.88. The fourth-order valence-electron chi connectivity index (χ4n) is 2.75. The summed E-state index contributed by atoms with van der Waals surface area (Å²) in [5.74, 6) is 0.807. The summed E-state index contributed by atoms with van der Waals surface area (Å²) in [7, 11) is 2.19. The fourth-order valence-corrected chi connectivity index (χ4v) is 2.75. The van der Waals surface area contributed by atoms with Crippen LogP contribution in [0.4, 0.5) is 0 Å². The van der Waals surface area contributed by atoms with Gasteiger partial charge in [-0.2, -0.15) is 0 Å². The highest BCUT2D eigenvalue weighted by Crippen LogP contribution is 2.25. The Balaban J connectivity index is 1.75. The molecule has 2 fully saturated rings. The molecular weight excluding hydrogens is 202 g/mol. The Labute approximate surface area is 99.1 Å². The Morgan fingerprint density at radius 2 is 2.00 bits per heavy atom. The van der Waals surface area contributed by atoms with Crippen LogP contribution in [-0.4, -0.2) is 50.5 Å². The molecule has 94 valence electrons. The van der Waals surface area contributed by atoms with Gasteiger partial charge >= 0.3 is 0 Å². The van der Waals surface area contributed by atoms with Gasteiger partial charge in [-0.05, 0) is 45.6 Å². The lowest BCUT2D eigenvalue weighted by atomic mass is 9.92. The van der Waals surface area contributed by atoms with E-state index in [9.17, 15) is 0 Å². The maximum Gasteiger partial charge on any atom is 0.0705 e. The molecule has 2 unspecified atom stereocenters. The van der Waals surface area contributed by atoms with Gasteiger partial charge < -0.3 is 14.4 Å².